The average Bonchev–Trinajstić information content (AvgIpc) is 2.14. The maximum absolute atomic E-state index is 2.34. The van der Waals surface area contributed by atoms with Crippen molar-refractivity contribution in [1.82, 2.24) is 0 Å². The van der Waals surface area contributed by atoms with Crippen molar-refractivity contribution in [1.29, 1.82) is 0 Å². The van der Waals surface area contributed by atoms with Gasteiger partial charge in [0.05, 0.1) is 0 Å². The van der Waals surface area contributed by atoms with Crippen LogP contribution in [-0.4, -0.2) is 14.5 Å². The van der Waals surface area contributed by atoms with Gasteiger partial charge in [-0.25, -0.2) is 0 Å². The number of hydrogen-bond donors (Lipinski definition) is 0. The Balaban J connectivity index is 2.84. The zero-order valence-electron chi connectivity index (χ0n) is 5.27. The van der Waals surface area contributed by atoms with Crippen molar-refractivity contribution in [2.75, 3.05) is 0 Å². The predicted molar refractivity (Wildman–Crippen MR) is 37.5 cm³/mol. The van der Waals surface area contributed by atoms with Crippen LogP contribution in [0, 0.1) is 6.92 Å². The summed E-state index contributed by atoms with van der Waals surface area (Å²) in [7, 11) is 0. The Morgan fingerprint density at radius 3 is 2.62 bits per heavy atom. The molecule has 8 heavy (non-hydrogen) atoms. The summed E-state index contributed by atoms with van der Waals surface area (Å²) in [6, 6.07) is 2.31. The molecule has 0 spiro atoms. The summed E-state index contributed by atoms with van der Waals surface area (Å²) < 4.78 is 1.63. The monoisotopic (exact) mass is 174 g/mol. The zero-order valence-corrected chi connectivity index (χ0v) is 6.98. The molecule has 0 atom stereocenters. The fourth-order valence-electron chi connectivity index (χ4n) is 0.676. The van der Waals surface area contributed by atoms with Gasteiger partial charge in [0.2, 0.25) is 0 Å². The van der Waals surface area contributed by atoms with Gasteiger partial charge in [-0.15, -0.1) is 0 Å². The second-order valence-electron chi connectivity index (χ2n) is 1.94. The summed E-state index contributed by atoms with van der Waals surface area (Å²) >= 11 is 0.707. The number of aryl methyl sites for hydroxylation is 2. The molecule has 1 aromatic rings. The van der Waals surface area contributed by atoms with E-state index in [0.29, 0.717) is 14.5 Å². The molecule has 0 aliphatic rings. The Bertz CT molecular complexity index is 165. The van der Waals surface area contributed by atoms with Gasteiger partial charge in [-0.3, -0.25) is 0 Å². The van der Waals surface area contributed by atoms with E-state index in [1.54, 1.807) is 4.44 Å². The molecule has 1 rings (SSSR count). The van der Waals surface area contributed by atoms with Crippen molar-refractivity contribution in [2.24, 2.45) is 0 Å². The van der Waals surface area contributed by atoms with Gasteiger partial charge in [0.15, 0.2) is 0 Å². The maximum atomic E-state index is 2.34. The van der Waals surface area contributed by atoms with Crippen LogP contribution in [-0.2, 0) is 6.42 Å². The van der Waals surface area contributed by atoms with E-state index >= 15 is 0 Å². The molecular weight excluding hydrogens is 163 g/mol. The minimum absolute atomic E-state index is 0.707. The van der Waals surface area contributed by atoms with Gasteiger partial charge in [0, 0.05) is 0 Å². The van der Waals surface area contributed by atoms with E-state index in [1.165, 1.54) is 12.0 Å². The van der Waals surface area contributed by atoms with E-state index in [9.17, 15) is 0 Å². The Morgan fingerprint density at radius 1 is 1.62 bits per heavy atom. The summed E-state index contributed by atoms with van der Waals surface area (Å²) in [5, 5.41) is 0. The molecule has 0 aromatic carbocycles. The molecule has 44 valence electrons. The van der Waals surface area contributed by atoms with E-state index in [-0.39, 0.29) is 0 Å². The third kappa shape index (κ3) is 1.24. The summed E-state index contributed by atoms with van der Waals surface area (Å²) in [4.78, 5) is 2.34. The van der Waals surface area contributed by atoms with Crippen LogP contribution in [0.25, 0.3) is 0 Å². The third-order valence-electron chi connectivity index (χ3n) is 1.13. The molecule has 0 saturated heterocycles. The van der Waals surface area contributed by atoms with Gasteiger partial charge in [-0.05, 0) is 0 Å². The fraction of sp³-hybridized carbons (Fsp3) is 0.429. The minimum atomic E-state index is 0.707. The average molecular weight is 173 g/mol. The van der Waals surface area contributed by atoms with Crippen LogP contribution in [0.5, 0.6) is 0 Å². The molecule has 0 radical (unpaired) electrons. The normalized spacial score (nSPS) is 9.75. The van der Waals surface area contributed by atoms with Crippen LogP contribution in [0.4, 0.5) is 0 Å². The summed E-state index contributed by atoms with van der Waals surface area (Å²) in [5.41, 5.74) is 1.46. The van der Waals surface area contributed by atoms with Gasteiger partial charge < -0.3 is 0 Å². The molecule has 0 unspecified atom stereocenters. The first-order valence-corrected chi connectivity index (χ1v) is 4.71. The molecule has 1 aromatic heterocycles. The fourth-order valence-corrected chi connectivity index (χ4v) is 2.41. The van der Waals surface area contributed by atoms with Crippen LogP contribution in [0.2, 0.25) is 0 Å². The van der Waals surface area contributed by atoms with Crippen LogP contribution in [0.3, 0.4) is 0 Å². The SMILES string of the molecule is CCc1cc(C)c[se]1. The second-order valence-corrected chi connectivity index (χ2v) is 4.03. The molecule has 1 heteroatoms. The van der Waals surface area contributed by atoms with Crippen LogP contribution in [0.15, 0.2) is 11.0 Å². The molecule has 0 saturated carbocycles. The van der Waals surface area contributed by atoms with Crippen molar-refractivity contribution in [3.05, 3.63) is 21.0 Å². The molecule has 0 fully saturated rings. The summed E-state index contributed by atoms with van der Waals surface area (Å²) in [6.45, 7) is 4.39. The van der Waals surface area contributed by atoms with Gasteiger partial charge in [-0.1, -0.05) is 0 Å². The molecule has 1 heterocycles. The van der Waals surface area contributed by atoms with E-state index in [1.807, 2.05) is 0 Å². The summed E-state index contributed by atoms with van der Waals surface area (Å²) in [6.07, 6.45) is 1.24. The Labute approximate surface area is 56.3 Å². The predicted octanol–water partition coefficient (Wildman–Crippen LogP) is 1.61. The van der Waals surface area contributed by atoms with Gasteiger partial charge in [-0.2, -0.15) is 0 Å². The van der Waals surface area contributed by atoms with E-state index in [0.717, 1.165) is 0 Å². The molecule has 0 nitrogen and oxygen atoms in total. The Morgan fingerprint density at radius 2 is 2.38 bits per heavy atom. The van der Waals surface area contributed by atoms with Crippen LogP contribution >= 0.6 is 0 Å². The van der Waals surface area contributed by atoms with Crippen molar-refractivity contribution in [3.8, 4) is 0 Å². The first kappa shape index (κ1) is 6.12. The second kappa shape index (κ2) is 2.52. The van der Waals surface area contributed by atoms with Gasteiger partial charge in [0.25, 0.3) is 0 Å². The Kier molecular flexibility index (Phi) is 1.93. The zero-order chi connectivity index (χ0) is 5.98. The molecule has 0 aliphatic heterocycles. The summed E-state index contributed by atoms with van der Waals surface area (Å²) in [5.74, 6) is 0. The Hall–Kier alpha value is -0.000519. The van der Waals surface area contributed by atoms with E-state index in [4.69, 9.17) is 0 Å². The third-order valence-corrected chi connectivity index (χ3v) is 3.65. The van der Waals surface area contributed by atoms with Crippen LogP contribution in [0.1, 0.15) is 16.9 Å². The molecule has 0 bridgehead atoms. The van der Waals surface area contributed by atoms with Gasteiger partial charge >= 0.3 is 55.8 Å². The van der Waals surface area contributed by atoms with E-state index in [2.05, 4.69) is 24.9 Å². The number of rotatable bonds is 1. The van der Waals surface area contributed by atoms with E-state index < -0.39 is 0 Å². The molecule has 0 N–H and O–H groups in total. The van der Waals surface area contributed by atoms with Gasteiger partial charge in [0.1, 0.15) is 0 Å². The number of hydrogen-bond acceptors (Lipinski definition) is 0. The topological polar surface area (TPSA) is 0 Å². The standard InChI is InChI=1S/C7H10Se/c1-3-7-4-6(2)5-8-7/h4-5H,3H2,1-2H3. The molecule has 0 aliphatic carbocycles. The first-order chi connectivity index (χ1) is 3.83. The van der Waals surface area contributed by atoms with Crippen molar-refractivity contribution in [3.63, 3.8) is 0 Å². The molecular formula is C7H10Se. The van der Waals surface area contributed by atoms with Crippen molar-refractivity contribution in [2.45, 2.75) is 20.3 Å². The van der Waals surface area contributed by atoms with Crippen molar-refractivity contribution < 1.29 is 0 Å². The quantitative estimate of drug-likeness (QED) is 0.566. The van der Waals surface area contributed by atoms with Crippen LogP contribution < -0.4 is 0 Å². The first-order valence-electron chi connectivity index (χ1n) is 2.87. The molecule has 0 amide bonds. The van der Waals surface area contributed by atoms with Crippen molar-refractivity contribution >= 4 is 14.5 Å².